The molecule has 2 atom stereocenters. The second-order valence-electron chi connectivity index (χ2n) is 9.96. The van der Waals surface area contributed by atoms with Crippen LogP contribution in [0.4, 0.5) is 0 Å². The molecule has 0 aromatic heterocycles. The van der Waals surface area contributed by atoms with Gasteiger partial charge in [0.2, 0.25) is 0 Å². The molecule has 1 fully saturated rings. The molecular weight excluding hydrogens is 592 g/mol. The smallest absolute Gasteiger partial charge is 0.338 e. The maximum Gasteiger partial charge on any atom is 0.338 e. The highest BCUT2D eigenvalue weighted by atomic mass is 16.6. The molecule has 13 heteroatoms. The van der Waals surface area contributed by atoms with Gasteiger partial charge in [0.15, 0.2) is 28.6 Å². The molecule has 2 aromatic carbocycles. The van der Waals surface area contributed by atoms with Crippen molar-refractivity contribution in [3.05, 3.63) is 59.7 Å². The molecule has 3 rings (SSSR count). The Hall–Kier alpha value is -5.17. The highest BCUT2D eigenvalue weighted by Crippen LogP contribution is 2.34. The molecule has 240 valence electrons. The second-order valence-corrected chi connectivity index (χ2v) is 9.96. The highest BCUT2D eigenvalue weighted by molar-refractivity contribution is 5.88. The zero-order chi connectivity index (χ0) is 33.1. The summed E-state index contributed by atoms with van der Waals surface area (Å²) in [7, 11) is 3.90. The van der Waals surface area contributed by atoms with E-state index >= 15 is 0 Å². The number of carbonyl (C=O) groups is 5. The fourth-order valence-electron chi connectivity index (χ4n) is 4.62. The molecule has 1 aliphatic rings. The summed E-state index contributed by atoms with van der Waals surface area (Å²) in [6, 6.07) is 9.29. The van der Waals surface area contributed by atoms with E-state index in [4.69, 9.17) is 33.2 Å². The second kappa shape index (κ2) is 15.5. The summed E-state index contributed by atoms with van der Waals surface area (Å²) in [5.41, 5.74) is -1.01. The lowest BCUT2D eigenvalue weighted by Gasteiger charge is -2.37. The summed E-state index contributed by atoms with van der Waals surface area (Å²) in [6.45, 7) is 2.51. The zero-order valence-electron chi connectivity index (χ0n) is 25.4. The Morgan fingerprint density at radius 3 is 1.49 bits per heavy atom. The van der Waals surface area contributed by atoms with Gasteiger partial charge in [-0.3, -0.25) is 9.59 Å². The molecular formula is C32H34O13. The summed E-state index contributed by atoms with van der Waals surface area (Å²) in [5.74, 6) is -2.61. The summed E-state index contributed by atoms with van der Waals surface area (Å²) in [6.07, 6.45) is 2.61. The number of hydrogen-bond donors (Lipinski definition) is 1. The van der Waals surface area contributed by atoms with E-state index in [0.29, 0.717) is 11.1 Å². The van der Waals surface area contributed by atoms with E-state index < -0.39 is 47.7 Å². The Kier molecular flexibility index (Phi) is 11.8. The summed E-state index contributed by atoms with van der Waals surface area (Å²) >= 11 is 0. The Morgan fingerprint density at radius 1 is 0.711 bits per heavy atom. The van der Waals surface area contributed by atoms with Crippen LogP contribution < -0.4 is 18.9 Å². The molecule has 0 amide bonds. The average molecular weight is 627 g/mol. The molecule has 0 unspecified atom stereocenters. The third-order valence-electron chi connectivity index (χ3n) is 6.49. The standard InChI is InChI=1S/C32H34O13/c1-19(33)42-25-10-6-21(14-27(25)39-3)8-12-29(35)44-23-16-24(18-32(38,17-23)31(37)41-5)45-30(36)13-9-22-7-11-26(43-20(2)34)28(15-22)40-4/h6-15,23-24,38H,16-18H2,1-5H3/b12-8+,13-9+/t23-,24-/m0/s1. The van der Waals surface area contributed by atoms with Crippen LogP contribution in [0.1, 0.15) is 44.2 Å². The first-order valence-electron chi connectivity index (χ1n) is 13.7. The van der Waals surface area contributed by atoms with Crippen LogP contribution in [0.25, 0.3) is 12.2 Å². The van der Waals surface area contributed by atoms with Crippen LogP contribution in [-0.2, 0) is 38.2 Å². The van der Waals surface area contributed by atoms with Crippen molar-refractivity contribution in [2.45, 2.75) is 50.9 Å². The van der Waals surface area contributed by atoms with Crippen molar-refractivity contribution < 1.29 is 62.2 Å². The van der Waals surface area contributed by atoms with Crippen molar-refractivity contribution in [3.63, 3.8) is 0 Å². The molecule has 1 saturated carbocycles. The molecule has 1 N–H and O–H groups in total. The van der Waals surface area contributed by atoms with Gasteiger partial charge in [0.25, 0.3) is 0 Å². The number of esters is 5. The normalized spacial score (nSPS) is 19.4. The number of rotatable bonds is 11. The quantitative estimate of drug-likeness (QED) is 0.167. The zero-order valence-corrected chi connectivity index (χ0v) is 25.4. The van der Waals surface area contributed by atoms with Gasteiger partial charge in [-0.25, -0.2) is 14.4 Å². The molecule has 0 spiro atoms. The van der Waals surface area contributed by atoms with E-state index in [1.165, 1.54) is 52.4 Å². The van der Waals surface area contributed by atoms with Gasteiger partial charge in [-0.2, -0.15) is 0 Å². The first-order chi connectivity index (χ1) is 21.3. The first kappa shape index (κ1) is 34.3. The lowest BCUT2D eigenvalue weighted by Crippen LogP contribution is -2.51. The van der Waals surface area contributed by atoms with Gasteiger partial charge >= 0.3 is 29.8 Å². The minimum Gasteiger partial charge on any atom is -0.493 e. The molecule has 2 aromatic rings. The minimum atomic E-state index is -2.07. The highest BCUT2D eigenvalue weighted by Gasteiger charge is 2.48. The lowest BCUT2D eigenvalue weighted by molar-refractivity contribution is -0.185. The predicted molar refractivity (Wildman–Crippen MR) is 157 cm³/mol. The predicted octanol–water partition coefficient (Wildman–Crippen LogP) is 3.19. The summed E-state index contributed by atoms with van der Waals surface area (Å²) < 4.78 is 36.3. The van der Waals surface area contributed by atoms with Gasteiger partial charge in [0, 0.05) is 45.3 Å². The van der Waals surface area contributed by atoms with Gasteiger partial charge in [-0.05, 0) is 47.5 Å². The molecule has 0 heterocycles. The van der Waals surface area contributed by atoms with Crippen LogP contribution in [-0.4, -0.2) is 74.1 Å². The largest absolute Gasteiger partial charge is 0.493 e. The van der Waals surface area contributed by atoms with Crippen LogP contribution in [0, 0.1) is 0 Å². The number of carbonyl (C=O) groups excluding carboxylic acids is 5. The molecule has 13 nitrogen and oxygen atoms in total. The van der Waals surface area contributed by atoms with Crippen LogP contribution in [0.3, 0.4) is 0 Å². The third-order valence-corrected chi connectivity index (χ3v) is 6.49. The molecule has 0 aliphatic heterocycles. The molecule has 0 bridgehead atoms. The fraction of sp³-hybridized carbons (Fsp3) is 0.344. The monoisotopic (exact) mass is 626 g/mol. The van der Waals surface area contributed by atoms with Crippen molar-refractivity contribution in [1.82, 2.24) is 0 Å². The van der Waals surface area contributed by atoms with E-state index in [1.807, 2.05) is 0 Å². The fourth-order valence-corrected chi connectivity index (χ4v) is 4.62. The summed E-state index contributed by atoms with van der Waals surface area (Å²) in [4.78, 5) is 60.3. The third kappa shape index (κ3) is 9.93. The van der Waals surface area contributed by atoms with E-state index in [-0.39, 0.29) is 42.3 Å². The molecule has 0 radical (unpaired) electrons. The first-order valence-corrected chi connectivity index (χ1v) is 13.7. The van der Waals surface area contributed by atoms with E-state index in [9.17, 15) is 29.1 Å². The summed E-state index contributed by atoms with van der Waals surface area (Å²) in [5, 5.41) is 11.0. The van der Waals surface area contributed by atoms with Crippen LogP contribution in [0.2, 0.25) is 0 Å². The SMILES string of the molecule is COC(=O)C1(O)C[C@@H](OC(=O)/C=C/c2ccc(OC(C)=O)c(OC)c2)C[C@H](OC(=O)/C=C/c2ccc(OC(C)=O)c(OC)c2)C1. The minimum absolute atomic E-state index is 0.00821. The van der Waals surface area contributed by atoms with Crippen LogP contribution in [0.5, 0.6) is 23.0 Å². The number of methoxy groups -OCH3 is 3. The van der Waals surface area contributed by atoms with Crippen molar-refractivity contribution in [3.8, 4) is 23.0 Å². The van der Waals surface area contributed by atoms with Crippen LogP contribution >= 0.6 is 0 Å². The van der Waals surface area contributed by atoms with Gasteiger partial charge in [0.1, 0.15) is 12.2 Å². The van der Waals surface area contributed by atoms with Gasteiger partial charge in [-0.15, -0.1) is 0 Å². The molecule has 45 heavy (non-hydrogen) atoms. The number of aliphatic hydroxyl groups is 1. The number of hydrogen-bond acceptors (Lipinski definition) is 13. The number of benzene rings is 2. The van der Waals surface area contributed by atoms with Crippen molar-refractivity contribution in [1.29, 1.82) is 0 Å². The lowest BCUT2D eigenvalue weighted by atomic mass is 9.81. The Balaban J connectivity index is 1.69. The maximum absolute atomic E-state index is 12.7. The van der Waals surface area contributed by atoms with Crippen molar-refractivity contribution in [2.75, 3.05) is 21.3 Å². The van der Waals surface area contributed by atoms with Crippen molar-refractivity contribution >= 4 is 42.0 Å². The van der Waals surface area contributed by atoms with E-state index in [2.05, 4.69) is 0 Å². The van der Waals surface area contributed by atoms with E-state index in [1.54, 1.807) is 24.3 Å². The Morgan fingerprint density at radius 2 is 1.13 bits per heavy atom. The molecule has 0 saturated heterocycles. The number of ether oxygens (including phenoxy) is 7. The van der Waals surface area contributed by atoms with Gasteiger partial charge in [0.05, 0.1) is 21.3 Å². The van der Waals surface area contributed by atoms with E-state index in [0.717, 1.165) is 19.3 Å². The molecule has 1 aliphatic carbocycles. The average Bonchev–Trinajstić information content (AvgIpc) is 2.98. The topological polar surface area (TPSA) is 170 Å². The van der Waals surface area contributed by atoms with Crippen LogP contribution in [0.15, 0.2) is 48.6 Å². The maximum atomic E-state index is 12.7. The Bertz CT molecular complexity index is 1390. The Labute approximate surface area is 259 Å². The van der Waals surface area contributed by atoms with Crippen molar-refractivity contribution in [2.24, 2.45) is 0 Å². The van der Waals surface area contributed by atoms with Gasteiger partial charge < -0.3 is 38.3 Å². The van der Waals surface area contributed by atoms with Gasteiger partial charge in [-0.1, -0.05) is 12.1 Å².